The van der Waals surface area contributed by atoms with Crippen LogP contribution in [0, 0.1) is 5.92 Å². The second-order valence-electron chi connectivity index (χ2n) is 5.06. The summed E-state index contributed by atoms with van der Waals surface area (Å²) >= 11 is 0. The van der Waals surface area contributed by atoms with Crippen LogP contribution in [0.5, 0.6) is 0 Å². The Morgan fingerprint density at radius 3 is 2.21 bits per heavy atom. The summed E-state index contributed by atoms with van der Waals surface area (Å²) in [7, 11) is 0. The van der Waals surface area contributed by atoms with Gasteiger partial charge in [-0.2, -0.15) is 0 Å². The Kier molecular flexibility index (Phi) is 3.82. The minimum Gasteiger partial charge on any atom is -0.393 e. The van der Waals surface area contributed by atoms with E-state index < -0.39 is 0 Å². The average molecular weight is 197 g/mol. The van der Waals surface area contributed by atoms with Crippen molar-refractivity contribution in [2.24, 2.45) is 5.92 Å². The fraction of sp³-hybridized carbons (Fsp3) is 1.00. The number of rotatable bonds is 3. The van der Waals surface area contributed by atoms with Crippen LogP contribution in [0.15, 0.2) is 0 Å². The summed E-state index contributed by atoms with van der Waals surface area (Å²) in [4.78, 5) is 0. The molecule has 2 N–H and O–H groups in total. The van der Waals surface area contributed by atoms with Gasteiger partial charge in [-0.05, 0) is 51.0 Å². The molecule has 0 atom stereocenters. The molecule has 0 radical (unpaired) electrons. The van der Waals surface area contributed by atoms with Crippen LogP contribution in [-0.2, 0) is 0 Å². The molecule has 2 saturated carbocycles. The number of nitrogens with one attached hydrogen (secondary N) is 1. The molecule has 0 amide bonds. The monoisotopic (exact) mass is 197 g/mol. The molecule has 82 valence electrons. The van der Waals surface area contributed by atoms with Crippen molar-refractivity contribution in [3.05, 3.63) is 0 Å². The van der Waals surface area contributed by atoms with Crippen LogP contribution in [0.25, 0.3) is 0 Å². The first-order valence-electron chi connectivity index (χ1n) is 6.26. The molecule has 2 rings (SSSR count). The Balaban J connectivity index is 1.60. The molecule has 0 unspecified atom stereocenters. The fourth-order valence-corrected chi connectivity index (χ4v) is 2.81. The SMILES string of the molecule is OC1CCC(CNC2CCCC2)CC1. The van der Waals surface area contributed by atoms with Crippen molar-refractivity contribution in [1.29, 1.82) is 0 Å². The predicted octanol–water partition coefficient (Wildman–Crippen LogP) is 2.07. The third-order valence-electron chi connectivity index (χ3n) is 3.87. The quantitative estimate of drug-likeness (QED) is 0.726. The first kappa shape index (κ1) is 10.4. The van der Waals surface area contributed by atoms with Crippen LogP contribution >= 0.6 is 0 Å². The van der Waals surface area contributed by atoms with Gasteiger partial charge in [0.1, 0.15) is 0 Å². The highest BCUT2D eigenvalue weighted by atomic mass is 16.3. The second kappa shape index (κ2) is 5.13. The molecule has 2 aliphatic rings. The Morgan fingerprint density at radius 2 is 1.57 bits per heavy atom. The van der Waals surface area contributed by atoms with Gasteiger partial charge in [-0.3, -0.25) is 0 Å². The van der Waals surface area contributed by atoms with E-state index >= 15 is 0 Å². The van der Waals surface area contributed by atoms with Crippen molar-refractivity contribution in [1.82, 2.24) is 5.32 Å². The molecule has 0 bridgehead atoms. The first-order valence-corrected chi connectivity index (χ1v) is 6.26. The number of aliphatic hydroxyl groups is 1. The molecule has 0 saturated heterocycles. The summed E-state index contributed by atoms with van der Waals surface area (Å²) in [5.41, 5.74) is 0. The number of hydrogen-bond donors (Lipinski definition) is 2. The summed E-state index contributed by atoms with van der Waals surface area (Å²) < 4.78 is 0. The first-order chi connectivity index (χ1) is 6.84. The Labute approximate surface area is 87.1 Å². The van der Waals surface area contributed by atoms with Crippen LogP contribution in [0.2, 0.25) is 0 Å². The molecule has 14 heavy (non-hydrogen) atoms. The van der Waals surface area contributed by atoms with Crippen LogP contribution in [-0.4, -0.2) is 23.8 Å². The van der Waals surface area contributed by atoms with Gasteiger partial charge in [0.05, 0.1) is 6.10 Å². The molecule has 2 heteroatoms. The van der Waals surface area contributed by atoms with Gasteiger partial charge < -0.3 is 10.4 Å². The standard InChI is InChI=1S/C12H23NO/c14-12-7-5-10(6-8-12)9-13-11-3-1-2-4-11/h10-14H,1-9H2. The summed E-state index contributed by atoms with van der Waals surface area (Å²) in [6.07, 6.45) is 10.1. The zero-order valence-electron chi connectivity index (χ0n) is 9.04. The van der Waals surface area contributed by atoms with Crippen molar-refractivity contribution >= 4 is 0 Å². The van der Waals surface area contributed by atoms with E-state index in [9.17, 15) is 5.11 Å². The number of aliphatic hydroxyl groups excluding tert-OH is 1. The van der Waals surface area contributed by atoms with Crippen molar-refractivity contribution in [2.45, 2.75) is 63.5 Å². The van der Waals surface area contributed by atoms with Crippen molar-refractivity contribution in [3.63, 3.8) is 0 Å². The number of hydrogen-bond acceptors (Lipinski definition) is 2. The zero-order chi connectivity index (χ0) is 9.80. The molecular formula is C12H23NO. The third kappa shape index (κ3) is 2.96. The molecule has 0 aromatic heterocycles. The minimum atomic E-state index is -0.00210. The molecule has 0 aromatic rings. The maximum atomic E-state index is 9.39. The Morgan fingerprint density at radius 1 is 0.929 bits per heavy atom. The largest absolute Gasteiger partial charge is 0.393 e. The lowest BCUT2D eigenvalue weighted by atomic mass is 9.87. The Bertz CT molecular complexity index is 158. The normalized spacial score (nSPS) is 34.9. The van der Waals surface area contributed by atoms with Crippen LogP contribution in [0.1, 0.15) is 51.4 Å². The van der Waals surface area contributed by atoms with Crippen LogP contribution in [0.4, 0.5) is 0 Å². The summed E-state index contributed by atoms with van der Waals surface area (Å²) in [6, 6.07) is 0.807. The molecule has 0 spiro atoms. The molecule has 0 aliphatic heterocycles. The van der Waals surface area contributed by atoms with Crippen molar-refractivity contribution in [3.8, 4) is 0 Å². The molecule has 0 heterocycles. The highest BCUT2D eigenvalue weighted by Crippen LogP contribution is 2.24. The summed E-state index contributed by atoms with van der Waals surface area (Å²) in [5, 5.41) is 13.1. The van der Waals surface area contributed by atoms with Gasteiger partial charge in [-0.1, -0.05) is 12.8 Å². The molecule has 0 aromatic carbocycles. The van der Waals surface area contributed by atoms with E-state index in [-0.39, 0.29) is 6.10 Å². The van der Waals surface area contributed by atoms with E-state index in [1.165, 1.54) is 45.1 Å². The fourth-order valence-electron chi connectivity index (χ4n) is 2.81. The van der Waals surface area contributed by atoms with E-state index in [1.54, 1.807) is 0 Å². The van der Waals surface area contributed by atoms with Gasteiger partial charge in [0, 0.05) is 6.04 Å². The molecule has 2 nitrogen and oxygen atoms in total. The summed E-state index contributed by atoms with van der Waals surface area (Å²) in [6.45, 7) is 1.19. The lowest BCUT2D eigenvalue weighted by molar-refractivity contribution is 0.107. The van der Waals surface area contributed by atoms with Gasteiger partial charge in [0.2, 0.25) is 0 Å². The van der Waals surface area contributed by atoms with Gasteiger partial charge in [-0.25, -0.2) is 0 Å². The summed E-state index contributed by atoms with van der Waals surface area (Å²) in [5.74, 6) is 0.832. The van der Waals surface area contributed by atoms with Gasteiger partial charge >= 0.3 is 0 Å². The van der Waals surface area contributed by atoms with E-state index in [4.69, 9.17) is 0 Å². The second-order valence-corrected chi connectivity index (χ2v) is 5.06. The van der Waals surface area contributed by atoms with Gasteiger partial charge in [-0.15, -0.1) is 0 Å². The minimum absolute atomic E-state index is 0.00210. The van der Waals surface area contributed by atoms with Gasteiger partial charge in [0.15, 0.2) is 0 Å². The molecular weight excluding hydrogens is 174 g/mol. The van der Waals surface area contributed by atoms with E-state index in [0.717, 1.165) is 24.8 Å². The average Bonchev–Trinajstić information content (AvgIpc) is 2.70. The predicted molar refractivity (Wildman–Crippen MR) is 58.2 cm³/mol. The highest BCUT2D eigenvalue weighted by Gasteiger charge is 2.21. The molecule has 2 aliphatic carbocycles. The maximum Gasteiger partial charge on any atom is 0.0540 e. The van der Waals surface area contributed by atoms with Crippen LogP contribution < -0.4 is 5.32 Å². The van der Waals surface area contributed by atoms with E-state index in [2.05, 4.69) is 5.32 Å². The zero-order valence-corrected chi connectivity index (χ0v) is 9.04. The maximum absolute atomic E-state index is 9.39. The smallest absolute Gasteiger partial charge is 0.0540 e. The highest BCUT2D eigenvalue weighted by molar-refractivity contribution is 4.78. The van der Waals surface area contributed by atoms with Crippen molar-refractivity contribution < 1.29 is 5.11 Å². The topological polar surface area (TPSA) is 32.3 Å². The lowest BCUT2D eigenvalue weighted by Crippen LogP contribution is -2.33. The molecule has 2 fully saturated rings. The van der Waals surface area contributed by atoms with E-state index in [1.807, 2.05) is 0 Å². The third-order valence-corrected chi connectivity index (χ3v) is 3.87. The van der Waals surface area contributed by atoms with Gasteiger partial charge in [0.25, 0.3) is 0 Å². The van der Waals surface area contributed by atoms with Crippen LogP contribution in [0.3, 0.4) is 0 Å². The van der Waals surface area contributed by atoms with E-state index in [0.29, 0.717) is 0 Å². The van der Waals surface area contributed by atoms with Crippen molar-refractivity contribution in [2.75, 3.05) is 6.54 Å². The Hall–Kier alpha value is -0.0800. The lowest BCUT2D eigenvalue weighted by Gasteiger charge is -2.26.